The Hall–Kier alpha value is -2.88. The Morgan fingerprint density at radius 2 is 1.90 bits per heavy atom. The first-order chi connectivity index (χ1) is 14.5. The van der Waals surface area contributed by atoms with Gasteiger partial charge in [0.05, 0.1) is 17.8 Å². The van der Waals surface area contributed by atoms with Crippen molar-refractivity contribution in [1.29, 1.82) is 0 Å². The zero-order valence-corrected chi connectivity index (χ0v) is 17.9. The van der Waals surface area contributed by atoms with Crippen molar-refractivity contribution in [2.24, 2.45) is 0 Å². The Bertz CT molecular complexity index is 1070. The molecular weight excluding hydrogens is 420 g/mol. The topological polar surface area (TPSA) is 91.4 Å². The van der Waals surface area contributed by atoms with Crippen LogP contribution in [0.2, 0.25) is 0 Å². The molecule has 0 aliphatic carbocycles. The summed E-state index contributed by atoms with van der Waals surface area (Å²) in [5.41, 5.74) is 2.89. The summed E-state index contributed by atoms with van der Waals surface area (Å²) >= 11 is 2.93. The number of ketones is 1. The molecule has 0 saturated carbocycles. The van der Waals surface area contributed by atoms with Crippen molar-refractivity contribution in [2.45, 2.75) is 19.9 Å². The number of hydrogen-bond donors (Lipinski definition) is 2. The molecule has 0 saturated heterocycles. The Balaban J connectivity index is 1.32. The molecule has 0 atom stereocenters. The fourth-order valence-electron chi connectivity index (χ4n) is 3.19. The predicted molar refractivity (Wildman–Crippen MR) is 118 cm³/mol. The molecule has 0 unspecified atom stereocenters. The number of hydrogen-bond acceptors (Lipinski definition) is 7. The summed E-state index contributed by atoms with van der Waals surface area (Å²) in [5, 5.41) is 9.98. The number of aromatic nitrogens is 1. The molecule has 2 amide bonds. The molecule has 1 aromatic carbocycles. The van der Waals surface area contributed by atoms with E-state index in [9.17, 15) is 14.4 Å². The minimum Gasteiger partial charge on any atom is -0.325 e. The number of anilines is 2. The van der Waals surface area contributed by atoms with Crippen LogP contribution in [0.5, 0.6) is 0 Å². The van der Waals surface area contributed by atoms with Crippen molar-refractivity contribution >= 4 is 51.1 Å². The summed E-state index contributed by atoms with van der Waals surface area (Å²) in [5.74, 6) is -0.272. The lowest BCUT2D eigenvalue weighted by molar-refractivity contribution is -0.117. The van der Waals surface area contributed by atoms with Crippen molar-refractivity contribution in [3.63, 3.8) is 0 Å². The van der Waals surface area contributed by atoms with Gasteiger partial charge in [-0.25, -0.2) is 4.98 Å². The van der Waals surface area contributed by atoms with Crippen molar-refractivity contribution in [1.82, 2.24) is 9.88 Å². The van der Waals surface area contributed by atoms with E-state index in [-0.39, 0.29) is 24.1 Å². The van der Waals surface area contributed by atoms with Crippen molar-refractivity contribution in [2.75, 3.05) is 23.7 Å². The molecule has 2 aromatic heterocycles. The zero-order valence-electron chi connectivity index (χ0n) is 16.3. The fraction of sp³-hybridized carbons (Fsp3) is 0.238. The van der Waals surface area contributed by atoms with Gasteiger partial charge in [-0.05, 0) is 42.6 Å². The van der Waals surface area contributed by atoms with Gasteiger partial charge in [-0.3, -0.25) is 24.6 Å². The van der Waals surface area contributed by atoms with Crippen molar-refractivity contribution < 1.29 is 14.4 Å². The van der Waals surface area contributed by atoms with Crippen LogP contribution in [0.25, 0.3) is 0 Å². The van der Waals surface area contributed by atoms with Gasteiger partial charge in [0.2, 0.25) is 5.91 Å². The number of carbonyl (C=O) groups excluding carboxylic acids is 3. The molecule has 3 aromatic rings. The fourth-order valence-corrected chi connectivity index (χ4v) is 4.87. The summed E-state index contributed by atoms with van der Waals surface area (Å²) in [4.78, 5) is 43.6. The molecule has 4 rings (SSSR count). The van der Waals surface area contributed by atoms with Crippen LogP contribution < -0.4 is 10.6 Å². The van der Waals surface area contributed by atoms with Gasteiger partial charge in [0.25, 0.3) is 5.91 Å². The third-order valence-electron chi connectivity index (χ3n) is 4.76. The third-order valence-corrected chi connectivity index (χ3v) is 6.44. The van der Waals surface area contributed by atoms with Gasteiger partial charge in [0.15, 0.2) is 10.9 Å². The second-order valence-corrected chi connectivity index (χ2v) is 8.86. The Labute approximate surface area is 181 Å². The molecular formula is C21H20N4O3S2. The summed E-state index contributed by atoms with van der Waals surface area (Å²) in [6, 6.07) is 8.65. The summed E-state index contributed by atoms with van der Waals surface area (Å²) < 4.78 is 0. The van der Waals surface area contributed by atoms with Crippen LogP contribution in [0, 0.1) is 0 Å². The average molecular weight is 441 g/mol. The van der Waals surface area contributed by atoms with Gasteiger partial charge in [-0.1, -0.05) is 0 Å². The van der Waals surface area contributed by atoms with Crippen LogP contribution in [-0.4, -0.2) is 40.6 Å². The van der Waals surface area contributed by atoms with E-state index in [0.29, 0.717) is 28.5 Å². The molecule has 9 heteroatoms. The number of Topliss-reactive ketones (excluding diaryl/α,β-unsaturated/α-hetero) is 1. The monoisotopic (exact) mass is 440 g/mol. The largest absolute Gasteiger partial charge is 0.325 e. The number of amides is 2. The van der Waals surface area contributed by atoms with Crippen LogP contribution in [0.3, 0.4) is 0 Å². The Morgan fingerprint density at radius 3 is 2.60 bits per heavy atom. The minimum absolute atomic E-state index is 0.00700. The van der Waals surface area contributed by atoms with E-state index in [0.717, 1.165) is 23.5 Å². The van der Waals surface area contributed by atoms with Gasteiger partial charge in [0, 0.05) is 41.0 Å². The van der Waals surface area contributed by atoms with Crippen molar-refractivity contribution in [3.05, 3.63) is 62.8 Å². The maximum absolute atomic E-state index is 12.4. The number of nitrogens with zero attached hydrogens (tertiary/aromatic N) is 2. The number of rotatable bonds is 6. The highest BCUT2D eigenvalue weighted by Gasteiger charge is 2.23. The van der Waals surface area contributed by atoms with Crippen molar-refractivity contribution in [3.8, 4) is 0 Å². The third kappa shape index (κ3) is 4.81. The number of nitrogens with one attached hydrogen (secondary N) is 2. The molecule has 0 spiro atoms. The molecule has 1 aliphatic heterocycles. The smallest absolute Gasteiger partial charge is 0.258 e. The van der Waals surface area contributed by atoms with E-state index >= 15 is 0 Å². The van der Waals surface area contributed by atoms with Crippen LogP contribution in [0.1, 0.15) is 38.2 Å². The second-order valence-electron chi connectivity index (χ2n) is 7.00. The molecule has 30 heavy (non-hydrogen) atoms. The predicted octanol–water partition coefficient (Wildman–Crippen LogP) is 3.66. The zero-order chi connectivity index (χ0) is 21.1. The van der Waals surface area contributed by atoms with Gasteiger partial charge >= 0.3 is 0 Å². The van der Waals surface area contributed by atoms with Gasteiger partial charge in [0.1, 0.15) is 0 Å². The first-order valence-electron chi connectivity index (χ1n) is 9.43. The van der Waals surface area contributed by atoms with E-state index in [2.05, 4.69) is 20.5 Å². The van der Waals surface area contributed by atoms with E-state index in [4.69, 9.17) is 0 Å². The van der Waals surface area contributed by atoms with E-state index in [1.54, 1.807) is 35.7 Å². The molecule has 0 bridgehead atoms. The van der Waals surface area contributed by atoms with Gasteiger partial charge in [-0.15, -0.1) is 11.3 Å². The maximum atomic E-state index is 12.4. The highest BCUT2D eigenvalue weighted by atomic mass is 32.1. The lowest BCUT2D eigenvalue weighted by Crippen LogP contribution is -2.36. The lowest BCUT2D eigenvalue weighted by atomic mass is 10.1. The average Bonchev–Trinajstić information content (AvgIpc) is 3.37. The number of benzene rings is 1. The lowest BCUT2D eigenvalue weighted by Gasteiger charge is -2.25. The minimum atomic E-state index is -0.158. The Kier molecular flexibility index (Phi) is 6.03. The highest BCUT2D eigenvalue weighted by molar-refractivity contribution is 7.16. The number of thiophene rings is 1. The van der Waals surface area contributed by atoms with E-state index in [1.807, 2.05) is 5.38 Å². The number of fused-ring (bicyclic) bond motifs is 1. The first kappa shape index (κ1) is 20.4. The van der Waals surface area contributed by atoms with Gasteiger partial charge in [-0.2, -0.15) is 11.3 Å². The normalized spacial score (nSPS) is 13.5. The second kappa shape index (κ2) is 8.86. The summed E-state index contributed by atoms with van der Waals surface area (Å²) in [6.07, 6.45) is 0.737. The van der Waals surface area contributed by atoms with Crippen LogP contribution >= 0.6 is 22.7 Å². The quantitative estimate of drug-likeness (QED) is 0.571. The van der Waals surface area contributed by atoms with Crippen LogP contribution in [0.15, 0.2) is 41.1 Å². The van der Waals surface area contributed by atoms with Crippen LogP contribution in [0.4, 0.5) is 10.8 Å². The number of thiazole rings is 1. The molecule has 2 N–H and O–H groups in total. The van der Waals surface area contributed by atoms with E-state index in [1.165, 1.54) is 29.6 Å². The van der Waals surface area contributed by atoms with E-state index < -0.39 is 0 Å². The van der Waals surface area contributed by atoms with Gasteiger partial charge < -0.3 is 5.32 Å². The molecule has 0 fully saturated rings. The summed E-state index contributed by atoms with van der Waals surface area (Å²) in [7, 11) is 0. The first-order valence-corrected chi connectivity index (χ1v) is 11.2. The highest BCUT2D eigenvalue weighted by Crippen LogP contribution is 2.28. The Morgan fingerprint density at radius 1 is 1.10 bits per heavy atom. The van der Waals surface area contributed by atoms with Crippen LogP contribution in [-0.2, 0) is 17.8 Å². The molecule has 154 valence electrons. The maximum Gasteiger partial charge on any atom is 0.258 e. The standard InChI is InChI=1S/C21H20N4O3S2/c1-13(26)14-2-4-16(5-3-14)22-19(27)11-25-8-6-17-18(10-25)30-21(23-17)24-20(28)15-7-9-29-12-15/h2-5,7,9,12H,6,8,10-11H2,1H3,(H,22,27)(H,23,24,28). The molecule has 0 radical (unpaired) electrons. The SMILES string of the molecule is CC(=O)c1ccc(NC(=O)CN2CCc3nc(NC(=O)c4ccsc4)sc3C2)cc1. The molecule has 1 aliphatic rings. The summed E-state index contributed by atoms with van der Waals surface area (Å²) in [6.45, 7) is 3.13. The molecule has 3 heterocycles. The number of carbonyl (C=O) groups is 3. The molecule has 7 nitrogen and oxygen atoms in total.